The van der Waals surface area contributed by atoms with Gasteiger partial charge in [-0.1, -0.05) is 39.3 Å². The molecule has 0 aromatic carbocycles. The van der Waals surface area contributed by atoms with Crippen LogP contribution in [0.2, 0.25) is 5.02 Å². The zero-order valence-corrected chi connectivity index (χ0v) is 12.8. The highest BCUT2D eigenvalue weighted by molar-refractivity contribution is 6.33. The van der Waals surface area contributed by atoms with Crippen LogP contribution in [0.15, 0.2) is 12.3 Å². The van der Waals surface area contributed by atoms with Crippen LogP contribution in [0.4, 0.5) is 5.82 Å². The molecule has 0 saturated heterocycles. The molecule has 0 bridgehead atoms. The van der Waals surface area contributed by atoms with E-state index in [9.17, 15) is 4.79 Å². The number of aromatic nitrogens is 1. The first-order valence-corrected chi connectivity index (χ1v) is 6.89. The van der Waals surface area contributed by atoms with Crippen molar-refractivity contribution in [1.82, 2.24) is 10.3 Å². The van der Waals surface area contributed by atoms with E-state index in [1.165, 1.54) is 0 Å². The Hall–Kier alpha value is -1.29. The third kappa shape index (κ3) is 5.47. The Morgan fingerprint density at radius 3 is 2.63 bits per heavy atom. The van der Waals surface area contributed by atoms with Gasteiger partial charge in [-0.05, 0) is 17.9 Å². The Bertz CT molecular complexity index is 441. The van der Waals surface area contributed by atoms with E-state index in [1.807, 2.05) is 0 Å². The van der Waals surface area contributed by atoms with Crippen molar-refractivity contribution in [2.24, 2.45) is 5.41 Å². The fourth-order valence-corrected chi connectivity index (χ4v) is 1.62. The molecule has 0 aliphatic heterocycles. The van der Waals surface area contributed by atoms with Crippen LogP contribution >= 0.6 is 11.6 Å². The first kappa shape index (κ1) is 15.8. The average Bonchev–Trinajstić information content (AvgIpc) is 2.33. The molecule has 2 N–H and O–H groups in total. The van der Waals surface area contributed by atoms with E-state index < -0.39 is 0 Å². The second-order valence-electron chi connectivity index (χ2n) is 5.72. The van der Waals surface area contributed by atoms with Gasteiger partial charge in [0.1, 0.15) is 5.82 Å². The molecule has 1 aromatic rings. The first-order chi connectivity index (χ1) is 8.83. The minimum Gasteiger partial charge on any atom is -0.369 e. The van der Waals surface area contributed by atoms with E-state index in [0.29, 0.717) is 22.9 Å². The standard InChI is InChI=1S/C14H22ClN3O/c1-5-6-16-12-11(15)7-10(8-17-12)13(19)18-9-14(2,3)4/h7-8H,5-6,9H2,1-4H3,(H,16,17)(H,18,19). The smallest absolute Gasteiger partial charge is 0.252 e. The molecule has 0 aliphatic carbocycles. The van der Waals surface area contributed by atoms with E-state index >= 15 is 0 Å². The van der Waals surface area contributed by atoms with Gasteiger partial charge in [-0.3, -0.25) is 4.79 Å². The molecule has 0 saturated carbocycles. The van der Waals surface area contributed by atoms with Crippen molar-refractivity contribution in [3.8, 4) is 0 Å². The summed E-state index contributed by atoms with van der Waals surface area (Å²) < 4.78 is 0. The lowest BCUT2D eigenvalue weighted by atomic mass is 9.97. The molecule has 5 heteroatoms. The summed E-state index contributed by atoms with van der Waals surface area (Å²) in [4.78, 5) is 16.1. The average molecular weight is 284 g/mol. The number of nitrogens with zero attached hydrogens (tertiary/aromatic N) is 1. The molecule has 0 atom stereocenters. The summed E-state index contributed by atoms with van der Waals surface area (Å²) >= 11 is 6.09. The third-order valence-corrected chi connectivity index (χ3v) is 2.71. The normalized spacial score (nSPS) is 11.2. The zero-order chi connectivity index (χ0) is 14.5. The molecule has 1 aromatic heterocycles. The lowest BCUT2D eigenvalue weighted by molar-refractivity contribution is 0.0939. The predicted octanol–water partition coefficient (Wildman–Crippen LogP) is 3.33. The summed E-state index contributed by atoms with van der Waals surface area (Å²) in [6.45, 7) is 9.68. The van der Waals surface area contributed by atoms with Gasteiger partial charge in [0, 0.05) is 19.3 Å². The highest BCUT2D eigenvalue weighted by Crippen LogP contribution is 2.20. The summed E-state index contributed by atoms with van der Waals surface area (Å²) in [7, 11) is 0. The van der Waals surface area contributed by atoms with Crippen LogP contribution < -0.4 is 10.6 Å². The highest BCUT2D eigenvalue weighted by Gasteiger charge is 2.14. The van der Waals surface area contributed by atoms with Gasteiger partial charge in [0.05, 0.1) is 10.6 Å². The van der Waals surface area contributed by atoms with Crippen molar-refractivity contribution in [1.29, 1.82) is 0 Å². The molecular weight excluding hydrogens is 262 g/mol. The zero-order valence-electron chi connectivity index (χ0n) is 12.0. The van der Waals surface area contributed by atoms with Crippen LogP contribution in [-0.4, -0.2) is 24.0 Å². The Morgan fingerprint density at radius 2 is 2.11 bits per heavy atom. The Morgan fingerprint density at radius 1 is 1.42 bits per heavy atom. The number of pyridine rings is 1. The SMILES string of the molecule is CCCNc1ncc(C(=O)NCC(C)(C)C)cc1Cl. The second-order valence-corrected chi connectivity index (χ2v) is 6.13. The van der Waals surface area contributed by atoms with Crippen LogP contribution in [-0.2, 0) is 0 Å². The maximum Gasteiger partial charge on any atom is 0.252 e. The van der Waals surface area contributed by atoms with E-state index in [-0.39, 0.29) is 11.3 Å². The van der Waals surface area contributed by atoms with E-state index in [4.69, 9.17) is 11.6 Å². The van der Waals surface area contributed by atoms with Crippen molar-refractivity contribution < 1.29 is 4.79 Å². The molecule has 0 fully saturated rings. The minimum absolute atomic E-state index is 0.0511. The van der Waals surface area contributed by atoms with Gasteiger partial charge in [0.15, 0.2) is 0 Å². The van der Waals surface area contributed by atoms with Gasteiger partial charge in [-0.25, -0.2) is 4.98 Å². The lowest BCUT2D eigenvalue weighted by Crippen LogP contribution is -2.32. The molecule has 4 nitrogen and oxygen atoms in total. The van der Waals surface area contributed by atoms with Crippen molar-refractivity contribution in [2.75, 3.05) is 18.4 Å². The number of carbonyl (C=O) groups excluding carboxylic acids is 1. The summed E-state index contributed by atoms with van der Waals surface area (Å²) in [6.07, 6.45) is 2.54. The summed E-state index contributed by atoms with van der Waals surface area (Å²) in [5, 5.41) is 6.45. The first-order valence-electron chi connectivity index (χ1n) is 6.51. The van der Waals surface area contributed by atoms with Crippen molar-refractivity contribution >= 4 is 23.3 Å². The number of rotatable bonds is 5. The summed E-state index contributed by atoms with van der Waals surface area (Å²) in [5.74, 6) is 0.474. The number of halogens is 1. The summed E-state index contributed by atoms with van der Waals surface area (Å²) in [6, 6.07) is 1.64. The van der Waals surface area contributed by atoms with Crippen LogP contribution in [0.1, 0.15) is 44.5 Å². The molecule has 1 rings (SSSR count). The van der Waals surface area contributed by atoms with E-state index in [1.54, 1.807) is 12.3 Å². The van der Waals surface area contributed by atoms with Crippen molar-refractivity contribution in [2.45, 2.75) is 34.1 Å². The maximum atomic E-state index is 11.9. The van der Waals surface area contributed by atoms with Crippen molar-refractivity contribution in [3.63, 3.8) is 0 Å². The monoisotopic (exact) mass is 283 g/mol. The van der Waals surface area contributed by atoms with Gasteiger partial charge >= 0.3 is 0 Å². The van der Waals surface area contributed by atoms with Gasteiger partial charge in [0.2, 0.25) is 0 Å². The molecule has 1 amide bonds. The van der Waals surface area contributed by atoms with E-state index in [0.717, 1.165) is 13.0 Å². The largest absolute Gasteiger partial charge is 0.369 e. The number of carbonyl (C=O) groups is 1. The maximum absolute atomic E-state index is 11.9. The molecule has 0 spiro atoms. The topological polar surface area (TPSA) is 54.0 Å². The van der Waals surface area contributed by atoms with Gasteiger partial charge < -0.3 is 10.6 Å². The quantitative estimate of drug-likeness (QED) is 0.871. The Labute approximate surface area is 120 Å². The number of nitrogens with one attached hydrogen (secondary N) is 2. The molecule has 106 valence electrons. The minimum atomic E-state index is -0.147. The number of amides is 1. The fourth-order valence-electron chi connectivity index (χ4n) is 1.38. The van der Waals surface area contributed by atoms with Gasteiger partial charge in [0.25, 0.3) is 5.91 Å². The molecular formula is C14H22ClN3O. The Kier molecular flexibility index (Phi) is 5.60. The van der Waals surface area contributed by atoms with Crippen LogP contribution in [0, 0.1) is 5.41 Å². The number of hydrogen-bond acceptors (Lipinski definition) is 3. The lowest BCUT2D eigenvalue weighted by Gasteiger charge is -2.18. The van der Waals surface area contributed by atoms with Crippen LogP contribution in [0.5, 0.6) is 0 Å². The number of hydrogen-bond donors (Lipinski definition) is 2. The van der Waals surface area contributed by atoms with Gasteiger partial charge in [-0.15, -0.1) is 0 Å². The molecule has 1 heterocycles. The van der Waals surface area contributed by atoms with E-state index in [2.05, 4.69) is 43.3 Å². The number of anilines is 1. The Balaban J connectivity index is 2.69. The molecule has 0 radical (unpaired) electrons. The highest BCUT2D eigenvalue weighted by atomic mass is 35.5. The molecule has 0 unspecified atom stereocenters. The van der Waals surface area contributed by atoms with Gasteiger partial charge in [-0.2, -0.15) is 0 Å². The fraction of sp³-hybridized carbons (Fsp3) is 0.571. The molecule has 19 heavy (non-hydrogen) atoms. The third-order valence-electron chi connectivity index (χ3n) is 2.43. The summed E-state index contributed by atoms with van der Waals surface area (Å²) in [5.41, 5.74) is 0.534. The predicted molar refractivity (Wildman–Crippen MR) is 79.8 cm³/mol. The second kappa shape index (κ2) is 6.75. The van der Waals surface area contributed by atoms with Crippen LogP contribution in [0.3, 0.4) is 0 Å². The van der Waals surface area contributed by atoms with Crippen molar-refractivity contribution in [3.05, 3.63) is 22.8 Å². The van der Waals surface area contributed by atoms with Crippen LogP contribution in [0.25, 0.3) is 0 Å². The molecule has 0 aliphatic rings.